The largest absolute Gasteiger partial charge is 0.479 e. The Labute approximate surface area is 181 Å². The molecule has 0 aliphatic rings. The molecule has 2 amide bonds. The van der Waals surface area contributed by atoms with Crippen LogP contribution in [0, 0.1) is 0 Å². The molecule has 0 heterocycles. The van der Waals surface area contributed by atoms with Crippen LogP contribution in [-0.2, 0) is 19.6 Å². The average molecular weight is 470 g/mol. The highest BCUT2D eigenvalue weighted by molar-refractivity contribution is 8.77. The van der Waals surface area contributed by atoms with Crippen molar-refractivity contribution in [1.82, 2.24) is 5.32 Å². The molecule has 0 spiro atoms. The Morgan fingerprint density at radius 1 is 1.10 bits per heavy atom. The van der Waals surface area contributed by atoms with Gasteiger partial charge in [-0.1, -0.05) is 40.6 Å². The van der Waals surface area contributed by atoms with Gasteiger partial charge in [-0.05, 0) is 36.4 Å². The number of nitrogens with two attached hydrogens (primary N) is 1. The van der Waals surface area contributed by atoms with Crippen molar-refractivity contribution in [1.29, 1.82) is 0 Å². The first-order valence-electron chi connectivity index (χ1n) is 8.50. The molecule has 2 rings (SSSR count). The van der Waals surface area contributed by atoms with E-state index in [-0.39, 0.29) is 16.9 Å². The number of sulfonamides is 1. The number of carboxylic acid groups (broad SMARTS) is 1. The van der Waals surface area contributed by atoms with Gasteiger partial charge >= 0.3 is 5.97 Å². The van der Waals surface area contributed by atoms with Crippen molar-refractivity contribution >= 4 is 55.1 Å². The van der Waals surface area contributed by atoms with Gasteiger partial charge in [-0.15, -0.1) is 0 Å². The maximum atomic E-state index is 12.7. The fourth-order valence-corrected chi connectivity index (χ4v) is 4.92. The van der Waals surface area contributed by atoms with Gasteiger partial charge in [0.05, 0.1) is 10.5 Å². The summed E-state index contributed by atoms with van der Waals surface area (Å²) in [6, 6.07) is 11.9. The van der Waals surface area contributed by atoms with Crippen LogP contribution >= 0.6 is 21.6 Å². The number of carbonyl (C=O) groups excluding carboxylic acids is 2. The van der Waals surface area contributed by atoms with E-state index >= 15 is 0 Å². The lowest BCUT2D eigenvalue weighted by Gasteiger charge is -2.14. The Hall–Kier alpha value is -2.54. The number of carboxylic acids is 1. The van der Waals surface area contributed by atoms with E-state index in [9.17, 15) is 27.9 Å². The third kappa shape index (κ3) is 6.76. The van der Waals surface area contributed by atoms with Crippen LogP contribution in [-0.4, -0.2) is 36.7 Å². The van der Waals surface area contributed by atoms with E-state index in [0.29, 0.717) is 10.6 Å². The van der Waals surface area contributed by atoms with Crippen LogP contribution in [0.2, 0.25) is 0 Å². The summed E-state index contributed by atoms with van der Waals surface area (Å²) in [6.07, 6.45) is 0.151. The predicted octanol–water partition coefficient (Wildman–Crippen LogP) is 2.26. The van der Waals surface area contributed by atoms with Crippen molar-refractivity contribution in [2.45, 2.75) is 28.5 Å². The van der Waals surface area contributed by atoms with Gasteiger partial charge < -0.3 is 15.7 Å². The molecule has 1 unspecified atom stereocenters. The molecule has 30 heavy (non-hydrogen) atoms. The Kier molecular flexibility index (Phi) is 8.29. The smallest absolute Gasteiger partial charge is 0.337 e. The minimum absolute atomic E-state index is 0.0818. The molecule has 0 fully saturated rings. The quantitative estimate of drug-likeness (QED) is 0.322. The number of benzene rings is 2. The zero-order chi connectivity index (χ0) is 22.3. The van der Waals surface area contributed by atoms with Gasteiger partial charge in [0.15, 0.2) is 5.37 Å². The van der Waals surface area contributed by atoms with E-state index in [1.165, 1.54) is 24.3 Å². The standard InChI is InChI=1S/C18H19N3O6S3/c1-2-15(22)21-17(18(24)25)29-28-14-6-4-3-5-13(14)16(23)20-11-7-9-12(10-8-11)30(19,26)27/h3-10,17H,2H2,1H3,(H,20,23)(H,21,22)(H,24,25)(H2,19,26,27). The lowest BCUT2D eigenvalue weighted by atomic mass is 10.2. The molecule has 0 aromatic heterocycles. The summed E-state index contributed by atoms with van der Waals surface area (Å²) >= 11 is 0. The highest BCUT2D eigenvalue weighted by Crippen LogP contribution is 2.36. The fourth-order valence-electron chi connectivity index (χ4n) is 2.13. The minimum atomic E-state index is -3.84. The topological polar surface area (TPSA) is 156 Å². The third-order valence-electron chi connectivity index (χ3n) is 3.64. The van der Waals surface area contributed by atoms with E-state index in [4.69, 9.17) is 5.14 Å². The highest BCUT2D eigenvalue weighted by atomic mass is 33.1. The number of carbonyl (C=O) groups is 3. The average Bonchev–Trinajstić information content (AvgIpc) is 2.70. The summed E-state index contributed by atoms with van der Waals surface area (Å²) in [7, 11) is -1.90. The molecular weight excluding hydrogens is 450 g/mol. The molecular formula is C18H19N3O6S3. The van der Waals surface area contributed by atoms with E-state index in [1.807, 2.05) is 0 Å². The van der Waals surface area contributed by atoms with Gasteiger partial charge in [0.2, 0.25) is 15.9 Å². The number of primary sulfonamides is 1. The number of hydrogen-bond donors (Lipinski definition) is 4. The SMILES string of the molecule is CCC(=O)NC(SSc1ccccc1C(=O)Nc1ccc(S(N)(=O)=O)cc1)C(=O)O. The van der Waals surface area contributed by atoms with Gasteiger partial charge in [-0.2, -0.15) is 0 Å². The number of nitrogens with one attached hydrogen (secondary N) is 2. The second kappa shape index (κ2) is 10.5. The van der Waals surface area contributed by atoms with Crippen molar-refractivity contribution in [2.75, 3.05) is 5.32 Å². The van der Waals surface area contributed by atoms with Crippen molar-refractivity contribution in [3.63, 3.8) is 0 Å². The predicted molar refractivity (Wildman–Crippen MR) is 116 cm³/mol. The molecule has 0 aliphatic heterocycles. The monoisotopic (exact) mass is 469 g/mol. The maximum Gasteiger partial charge on any atom is 0.337 e. The molecule has 0 aliphatic carbocycles. The van der Waals surface area contributed by atoms with E-state index in [0.717, 1.165) is 21.6 Å². The van der Waals surface area contributed by atoms with Crippen LogP contribution in [0.15, 0.2) is 58.3 Å². The minimum Gasteiger partial charge on any atom is -0.479 e. The molecule has 1 atom stereocenters. The highest BCUT2D eigenvalue weighted by Gasteiger charge is 2.22. The van der Waals surface area contributed by atoms with Crippen LogP contribution in [0.5, 0.6) is 0 Å². The second-order valence-electron chi connectivity index (χ2n) is 5.84. The van der Waals surface area contributed by atoms with Crippen molar-refractivity contribution < 1.29 is 27.9 Å². The summed E-state index contributed by atoms with van der Waals surface area (Å²) in [6.45, 7) is 1.61. The molecule has 2 aromatic rings. The number of aliphatic carboxylic acids is 1. The summed E-state index contributed by atoms with van der Waals surface area (Å²) in [4.78, 5) is 35.9. The summed E-state index contributed by atoms with van der Waals surface area (Å²) in [5, 5.41) is 18.2. The Morgan fingerprint density at radius 2 is 1.73 bits per heavy atom. The summed E-state index contributed by atoms with van der Waals surface area (Å²) in [5.74, 6) is -2.07. The van der Waals surface area contributed by atoms with Crippen molar-refractivity contribution in [3.05, 3.63) is 54.1 Å². The van der Waals surface area contributed by atoms with E-state index in [1.54, 1.807) is 31.2 Å². The first kappa shape index (κ1) is 23.7. The van der Waals surface area contributed by atoms with Gasteiger partial charge in [0.1, 0.15) is 0 Å². The zero-order valence-corrected chi connectivity index (χ0v) is 18.1. The molecule has 0 saturated carbocycles. The first-order valence-corrected chi connectivity index (χ1v) is 12.3. The third-order valence-corrected chi connectivity index (χ3v) is 7.12. The number of rotatable bonds is 9. The summed E-state index contributed by atoms with van der Waals surface area (Å²) in [5.41, 5.74) is 0.648. The molecule has 0 saturated heterocycles. The second-order valence-corrected chi connectivity index (χ2v) is 9.75. The first-order chi connectivity index (χ1) is 14.1. The molecule has 9 nitrogen and oxygen atoms in total. The van der Waals surface area contributed by atoms with Crippen LogP contribution in [0.4, 0.5) is 5.69 Å². The number of hydrogen-bond acceptors (Lipinski definition) is 7. The van der Waals surface area contributed by atoms with Gasteiger partial charge in [-0.25, -0.2) is 18.4 Å². The van der Waals surface area contributed by atoms with Crippen molar-refractivity contribution in [3.8, 4) is 0 Å². The van der Waals surface area contributed by atoms with Gasteiger partial charge in [-0.3, -0.25) is 9.59 Å². The Bertz CT molecular complexity index is 1040. The lowest BCUT2D eigenvalue weighted by Crippen LogP contribution is -2.37. The molecule has 0 radical (unpaired) electrons. The van der Waals surface area contributed by atoms with Gasteiger partial charge in [0, 0.05) is 17.0 Å². The van der Waals surface area contributed by atoms with Crippen LogP contribution in [0.1, 0.15) is 23.7 Å². The maximum absolute atomic E-state index is 12.7. The molecule has 5 N–H and O–H groups in total. The molecule has 0 bridgehead atoms. The Morgan fingerprint density at radius 3 is 2.30 bits per heavy atom. The Balaban J connectivity index is 2.12. The zero-order valence-electron chi connectivity index (χ0n) is 15.7. The van der Waals surface area contributed by atoms with Gasteiger partial charge in [0.25, 0.3) is 5.91 Å². The van der Waals surface area contributed by atoms with Crippen molar-refractivity contribution in [2.24, 2.45) is 5.14 Å². The molecule has 160 valence electrons. The fraction of sp³-hybridized carbons (Fsp3) is 0.167. The van der Waals surface area contributed by atoms with Crippen LogP contribution in [0.25, 0.3) is 0 Å². The molecule has 2 aromatic carbocycles. The molecule has 12 heteroatoms. The van der Waals surface area contributed by atoms with E-state index < -0.39 is 33.2 Å². The number of amides is 2. The van der Waals surface area contributed by atoms with Crippen LogP contribution < -0.4 is 15.8 Å². The van der Waals surface area contributed by atoms with E-state index in [2.05, 4.69) is 10.6 Å². The number of anilines is 1. The summed E-state index contributed by atoms with van der Waals surface area (Å²) < 4.78 is 22.6. The lowest BCUT2D eigenvalue weighted by molar-refractivity contribution is -0.139. The normalized spacial score (nSPS) is 12.1. The van der Waals surface area contributed by atoms with Crippen LogP contribution in [0.3, 0.4) is 0 Å².